The van der Waals surface area contributed by atoms with Crippen LogP contribution in [0.15, 0.2) is 42.5 Å². The van der Waals surface area contributed by atoms with Gasteiger partial charge in [-0.1, -0.05) is 12.1 Å². The minimum Gasteiger partial charge on any atom is -0.490 e. The molecule has 0 spiro atoms. The van der Waals surface area contributed by atoms with Gasteiger partial charge in [0.15, 0.2) is 0 Å². The van der Waals surface area contributed by atoms with Crippen LogP contribution >= 0.6 is 0 Å². The molecule has 24 heavy (non-hydrogen) atoms. The van der Waals surface area contributed by atoms with E-state index in [2.05, 4.69) is 10.3 Å². The number of nitrogens with one attached hydrogen (secondary N) is 1. The molecule has 2 heterocycles. The van der Waals surface area contributed by atoms with Crippen LogP contribution in [0.4, 0.5) is 5.69 Å². The Morgan fingerprint density at radius 1 is 1.33 bits per heavy atom. The SMILES string of the molecule is Cc1nc2ccccc2n1CC(=O)Nc1ccc2c(c1)CC(C)O2. The summed E-state index contributed by atoms with van der Waals surface area (Å²) in [5.41, 5.74) is 3.83. The lowest BCUT2D eigenvalue weighted by molar-refractivity contribution is -0.116. The third-order valence-corrected chi connectivity index (χ3v) is 4.33. The molecule has 1 unspecified atom stereocenters. The molecule has 5 heteroatoms. The van der Waals surface area contributed by atoms with E-state index in [1.54, 1.807) is 0 Å². The van der Waals surface area contributed by atoms with Crippen LogP contribution in [0, 0.1) is 6.92 Å². The van der Waals surface area contributed by atoms with Crippen LogP contribution in [0.25, 0.3) is 11.0 Å². The van der Waals surface area contributed by atoms with Crippen LogP contribution in [0.1, 0.15) is 18.3 Å². The summed E-state index contributed by atoms with van der Waals surface area (Å²) in [4.78, 5) is 16.9. The average Bonchev–Trinajstić information content (AvgIpc) is 3.06. The first-order valence-corrected chi connectivity index (χ1v) is 8.11. The molecular weight excluding hydrogens is 302 g/mol. The number of rotatable bonds is 3. The summed E-state index contributed by atoms with van der Waals surface area (Å²) < 4.78 is 7.62. The van der Waals surface area contributed by atoms with Gasteiger partial charge in [-0.15, -0.1) is 0 Å². The highest BCUT2D eigenvalue weighted by molar-refractivity contribution is 5.92. The van der Waals surface area contributed by atoms with Gasteiger partial charge in [0.25, 0.3) is 0 Å². The number of ether oxygens (including phenoxy) is 1. The molecule has 2 aromatic carbocycles. The smallest absolute Gasteiger partial charge is 0.244 e. The molecule has 5 nitrogen and oxygen atoms in total. The van der Waals surface area contributed by atoms with Crippen molar-refractivity contribution in [1.82, 2.24) is 9.55 Å². The first kappa shape index (κ1) is 14.8. The van der Waals surface area contributed by atoms with Gasteiger partial charge in [0.05, 0.1) is 11.0 Å². The largest absolute Gasteiger partial charge is 0.490 e. The van der Waals surface area contributed by atoms with Crippen molar-refractivity contribution in [3.05, 3.63) is 53.9 Å². The minimum absolute atomic E-state index is 0.0619. The van der Waals surface area contributed by atoms with E-state index in [0.717, 1.165) is 40.3 Å². The van der Waals surface area contributed by atoms with E-state index < -0.39 is 0 Å². The van der Waals surface area contributed by atoms with E-state index in [0.29, 0.717) is 0 Å². The number of amides is 1. The van der Waals surface area contributed by atoms with Crippen molar-refractivity contribution in [2.24, 2.45) is 0 Å². The minimum atomic E-state index is -0.0619. The van der Waals surface area contributed by atoms with Crippen molar-refractivity contribution in [2.45, 2.75) is 32.9 Å². The number of aryl methyl sites for hydroxylation is 1. The van der Waals surface area contributed by atoms with E-state index >= 15 is 0 Å². The Bertz CT molecular complexity index is 930. The highest BCUT2D eigenvalue weighted by Gasteiger charge is 2.19. The van der Waals surface area contributed by atoms with Crippen molar-refractivity contribution in [3.8, 4) is 5.75 Å². The number of fused-ring (bicyclic) bond motifs is 2. The lowest BCUT2D eigenvalue weighted by atomic mass is 10.1. The molecule has 1 amide bonds. The Labute approximate surface area is 140 Å². The van der Waals surface area contributed by atoms with Gasteiger partial charge in [0.1, 0.15) is 24.2 Å². The second-order valence-corrected chi connectivity index (χ2v) is 6.24. The van der Waals surface area contributed by atoms with Gasteiger partial charge in [0.2, 0.25) is 5.91 Å². The van der Waals surface area contributed by atoms with Crippen molar-refractivity contribution < 1.29 is 9.53 Å². The molecule has 1 aromatic heterocycles. The Morgan fingerprint density at radius 2 is 2.17 bits per heavy atom. The first-order valence-electron chi connectivity index (χ1n) is 8.11. The Kier molecular flexibility index (Phi) is 3.49. The fourth-order valence-electron chi connectivity index (χ4n) is 3.24. The number of aromatic nitrogens is 2. The molecule has 4 rings (SSSR count). The van der Waals surface area contributed by atoms with Gasteiger partial charge in [-0.2, -0.15) is 0 Å². The number of anilines is 1. The second-order valence-electron chi connectivity index (χ2n) is 6.24. The van der Waals surface area contributed by atoms with Crippen molar-refractivity contribution >= 4 is 22.6 Å². The number of carbonyl (C=O) groups is 1. The van der Waals surface area contributed by atoms with Crippen LogP contribution in [-0.4, -0.2) is 21.6 Å². The number of para-hydroxylation sites is 2. The third kappa shape index (κ3) is 2.62. The summed E-state index contributed by atoms with van der Waals surface area (Å²) in [7, 11) is 0. The molecular formula is C19H19N3O2. The first-order chi connectivity index (χ1) is 11.6. The van der Waals surface area contributed by atoms with E-state index in [1.165, 1.54) is 0 Å². The molecule has 0 bridgehead atoms. The second kappa shape index (κ2) is 5.67. The van der Waals surface area contributed by atoms with E-state index in [4.69, 9.17) is 4.74 Å². The van der Waals surface area contributed by atoms with Gasteiger partial charge in [-0.05, 0) is 49.7 Å². The Morgan fingerprint density at radius 3 is 3.04 bits per heavy atom. The van der Waals surface area contributed by atoms with Crippen molar-refractivity contribution in [3.63, 3.8) is 0 Å². The molecule has 1 atom stereocenters. The summed E-state index contributed by atoms with van der Waals surface area (Å²) in [5, 5.41) is 2.97. The number of benzene rings is 2. The topological polar surface area (TPSA) is 56.2 Å². The standard InChI is InChI=1S/C19H19N3O2/c1-12-9-14-10-15(7-8-18(14)24-12)21-19(23)11-22-13(2)20-16-5-3-4-6-17(16)22/h3-8,10,12H,9,11H2,1-2H3,(H,21,23). The highest BCUT2D eigenvalue weighted by Crippen LogP contribution is 2.31. The maximum absolute atomic E-state index is 12.4. The quantitative estimate of drug-likeness (QED) is 0.805. The molecule has 0 aliphatic carbocycles. The molecule has 0 saturated carbocycles. The molecule has 0 radical (unpaired) electrons. The Balaban J connectivity index is 1.53. The predicted octanol–water partition coefficient (Wildman–Crippen LogP) is 3.31. The maximum Gasteiger partial charge on any atom is 0.244 e. The number of nitrogens with zero attached hydrogens (tertiary/aromatic N) is 2. The van der Waals surface area contributed by atoms with E-state index in [-0.39, 0.29) is 18.6 Å². The zero-order chi connectivity index (χ0) is 16.7. The number of carbonyl (C=O) groups excluding carboxylic acids is 1. The molecule has 0 saturated heterocycles. The van der Waals surface area contributed by atoms with Gasteiger partial charge in [-0.25, -0.2) is 4.98 Å². The average molecular weight is 321 g/mol. The zero-order valence-corrected chi connectivity index (χ0v) is 13.7. The van der Waals surface area contributed by atoms with Crippen LogP contribution in [0.3, 0.4) is 0 Å². The molecule has 1 N–H and O–H groups in total. The molecule has 3 aromatic rings. The summed E-state index contributed by atoms with van der Waals surface area (Å²) in [6, 6.07) is 13.6. The molecule has 0 fully saturated rings. The normalized spacial score (nSPS) is 16.0. The fourth-order valence-corrected chi connectivity index (χ4v) is 3.24. The molecule has 1 aliphatic rings. The van der Waals surface area contributed by atoms with Crippen LogP contribution in [0.2, 0.25) is 0 Å². The van der Waals surface area contributed by atoms with Crippen LogP contribution in [-0.2, 0) is 17.8 Å². The Hall–Kier alpha value is -2.82. The van der Waals surface area contributed by atoms with Crippen LogP contribution < -0.4 is 10.1 Å². The highest BCUT2D eigenvalue weighted by atomic mass is 16.5. The summed E-state index contributed by atoms with van der Waals surface area (Å²) in [6.45, 7) is 4.21. The summed E-state index contributed by atoms with van der Waals surface area (Å²) in [5.74, 6) is 1.69. The van der Waals surface area contributed by atoms with Crippen LogP contribution in [0.5, 0.6) is 5.75 Å². The van der Waals surface area contributed by atoms with Gasteiger partial charge >= 0.3 is 0 Å². The lowest BCUT2D eigenvalue weighted by Crippen LogP contribution is -2.19. The van der Waals surface area contributed by atoms with Gasteiger partial charge in [-0.3, -0.25) is 4.79 Å². The zero-order valence-electron chi connectivity index (χ0n) is 13.7. The fraction of sp³-hybridized carbons (Fsp3) is 0.263. The summed E-state index contributed by atoms with van der Waals surface area (Å²) in [6.07, 6.45) is 1.08. The number of hydrogen-bond donors (Lipinski definition) is 1. The summed E-state index contributed by atoms with van der Waals surface area (Å²) >= 11 is 0. The molecule has 122 valence electrons. The number of imidazole rings is 1. The molecule has 1 aliphatic heterocycles. The van der Waals surface area contributed by atoms with Crippen molar-refractivity contribution in [2.75, 3.05) is 5.32 Å². The van der Waals surface area contributed by atoms with Crippen molar-refractivity contribution in [1.29, 1.82) is 0 Å². The number of hydrogen-bond acceptors (Lipinski definition) is 3. The lowest BCUT2D eigenvalue weighted by Gasteiger charge is -2.09. The van der Waals surface area contributed by atoms with E-state index in [9.17, 15) is 4.79 Å². The predicted molar refractivity (Wildman–Crippen MR) is 93.3 cm³/mol. The van der Waals surface area contributed by atoms with E-state index in [1.807, 2.05) is 60.9 Å². The third-order valence-electron chi connectivity index (χ3n) is 4.33. The maximum atomic E-state index is 12.4. The van der Waals surface area contributed by atoms with Gasteiger partial charge < -0.3 is 14.6 Å². The van der Waals surface area contributed by atoms with Gasteiger partial charge in [0, 0.05) is 12.1 Å². The monoisotopic (exact) mass is 321 g/mol.